The summed E-state index contributed by atoms with van der Waals surface area (Å²) in [5.41, 5.74) is 5.12. The van der Waals surface area contributed by atoms with E-state index in [1.807, 2.05) is 13.0 Å². The van der Waals surface area contributed by atoms with Gasteiger partial charge in [0.2, 0.25) is 0 Å². The van der Waals surface area contributed by atoms with Crippen molar-refractivity contribution in [2.75, 3.05) is 24.1 Å². The van der Waals surface area contributed by atoms with Gasteiger partial charge in [-0.15, -0.1) is 0 Å². The van der Waals surface area contributed by atoms with Crippen LogP contribution in [-0.2, 0) is 14.8 Å². The maximum Gasteiger partial charge on any atom is 0.264 e. The molecule has 4 rings (SSSR count). The van der Waals surface area contributed by atoms with Crippen LogP contribution in [0.2, 0.25) is 0 Å². The third-order valence-electron chi connectivity index (χ3n) is 5.25. The number of hydrazone groups is 1. The molecule has 0 radical (unpaired) electrons. The van der Waals surface area contributed by atoms with Crippen LogP contribution in [0.4, 0.5) is 5.69 Å². The van der Waals surface area contributed by atoms with Crippen molar-refractivity contribution in [1.29, 1.82) is 0 Å². The van der Waals surface area contributed by atoms with Gasteiger partial charge in [0.25, 0.3) is 15.9 Å². The minimum Gasteiger partial charge on any atom is -0.486 e. The Balaban J connectivity index is 1.54. The number of benzene rings is 3. The number of sulfonamides is 1. The number of anilines is 1. The average molecular weight is 480 g/mol. The van der Waals surface area contributed by atoms with Gasteiger partial charge in [-0.05, 0) is 56.3 Å². The highest BCUT2D eigenvalue weighted by molar-refractivity contribution is 7.92. The van der Waals surface area contributed by atoms with Gasteiger partial charge in [-0.2, -0.15) is 5.10 Å². The smallest absolute Gasteiger partial charge is 0.264 e. The molecule has 0 aliphatic carbocycles. The first-order valence-electron chi connectivity index (χ1n) is 10.7. The van der Waals surface area contributed by atoms with Crippen LogP contribution < -0.4 is 19.2 Å². The van der Waals surface area contributed by atoms with Crippen molar-refractivity contribution >= 4 is 27.3 Å². The van der Waals surface area contributed by atoms with Crippen molar-refractivity contribution in [3.63, 3.8) is 0 Å². The third kappa shape index (κ3) is 5.20. The Hall–Kier alpha value is -3.85. The van der Waals surface area contributed by atoms with Crippen LogP contribution >= 0.6 is 0 Å². The Bertz CT molecular complexity index is 1310. The van der Waals surface area contributed by atoms with E-state index in [9.17, 15) is 13.2 Å². The monoisotopic (exact) mass is 479 g/mol. The van der Waals surface area contributed by atoms with Crippen LogP contribution in [0.1, 0.15) is 18.1 Å². The largest absolute Gasteiger partial charge is 0.486 e. The molecule has 0 saturated heterocycles. The molecule has 0 spiro atoms. The highest BCUT2D eigenvalue weighted by Gasteiger charge is 2.27. The van der Waals surface area contributed by atoms with Gasteiger partial charge >= 0.3 is 0 Å². The molecule has 8 nitrogen and oxygen atoms in total. The lowest BCUT2D eigenvalue weighted by Gasteiger charge is -2.24. The zero-order valence-corrected chi connectivity index (χ0v) is 19.7. The molecule has 176 valence electrons. The maximum atomic E-state index is 13.3. The van der Waals surface area contributed by atoms with Gasteiger partial charge in [-0.3, -0.25) is 9.10 Å². The number of carbonyl (C=O) groups excluding carboxylic acids is 1. The third-order valence-corrected chi connectivity index (χ3v) is 7.04. The van der Waals surface area contributed by atoms with Crippen LogP contribution in [-0.4, -0.2) is 39.8 Å². The highest BCUT2D eigenvalue weighted by atomic mass is 32.2. The summed E-state index contributed by atoms with van der Waals surface area (Å²) in [7, 11) is -3.97. The van der Waals surface area contributed by atoms with E-state index in [2.05, 4.69) is 10.5 Å². The van der Waals surface area contributed by atoms with Gasteiger partial charge in [0.15, 0.2) is 11.5 Å². The molecule has 34 heavy (non-hydrogen) atoms. The van der Waals surface area contributed by atoms with Gasteiger partial charge in [0.1, 0.15) is 19.8 Å². The maximum absolute atomic E-state index is 13.3. The standard InChI is InChI=1S/C25H25N3O5S/c1-18-8-11-21(12-9-18)28(34(30,31)22-6-4-3-5-7-22)17-25(29)27-26-19(2)20-10-13-23-24(16-20)33-15-14-32-23/h3-13,16H,14-15,17H2,1-2H3,(H,27,29)/b26-19-. The molecule has 1 heterocycles. The molecule has 1 aliphatic rings. The molecular formula is C25H25N3O5S. The average Bonchev–Trinajstić information content (AvgIpc) is 2.86. The summed E-state index contributed by atoms with van der Waals surface area (Å²) in [6, 6.07) is 20.3. The topological polar surface area (TPSA) is 97.3 Å². The lowest BCUT2D eigenvalue weighted by atomic mass is 10.1. The fraction of sp³-hybridized carbons (Fsp3) is 0.200. The van der Waals surface area contributed by atoms with Gasteiger partial charge < -0.3 is 9.47 Å². The van der Waals surface area contributed by atoms with Crippen LogP contribution in [0.25, 0.3) is 0 Å². The number of ether oxygens (including phenoxy) is 2. The van der Waals surface area contributed by atoms with E-state index in [0.29, 0.717) is 36.1 Å². The number of amides is 1. The predicted molar refractivity (Wildman–Crippen MR) is 130 cm³/mol. The van der Waals surface area contributed by atoms with Crippen molar-refractivity contribution in [2.24, 2.45) is 5.10 Å². The summed E-state index contributed by atoms with van der Waals surface area (Å²) in [6.07, 6.45) is 0. The van der Waals surface area contributed by atoms with Crippen molar-refractivity contribution in [3.8, 4) is 11.5 Å². The molecule has 1 aliphatic heterocycles. The fourth-order valence-electron chi connectivity index (χ4n) is 3.39. The molecule has 0 saturated carbocycles. The Morgan fingerprint density at radius 1 is 0.971 bits per heavy atom. The lowest BCUT2D eigenvalue weighted by Crippen LogP contribution is -2.39. The van der Waals surface area contributed by atoms with Crippen molar-refractivity contribution < 1.29 is 22.7 Å². The van der Waals surface area contributed by atoms with Gasteiger partial charge in [0, 0.05) is 5.56 Å². The van der Waals surface area contributed by atoms with Gasteiger partial charge in [-0.1, -0.05) is 35.9 Å². The second-order valence-corrected chi connectivity index (χ2v) is 9.61. The zero-order chi connectivity index (χ0) is 24.1. The van der Waals surface area contributed by atoms with Crippen molar-refractivity contribution in [3.05, 3.63) is 83.9 Å². The zero-order valence-electron chi connectivity index (χ0n) is 18.9. The number of hydrogen-bond donors (Lipinski definition) is 1. The number of fused-ring (bicyclic) bond motifs is 1. The summed E-state index contributed by atoms with van der Waals surface area (Å²) in [5, 5.41) is 4.16. The van der Waals surface area contributed by atoms with E-state index < -0.39 is 22.5 Å². The van der Waals surface area contributed by atoms with E-state index in [1.54, 1.807) is 61.5 Å². The molecule has 3 aromatic rings. The normalized spacial score (nSPS) is 13.3. The first kappa shape index (κ1) is 23.3. The molecule has 0 unspecified atom stereocenters. The number of rotatable bonds is 7. The van der Waals surface area contributed by atoms with Crippen LogP contribution in [0.15, 0.2) is 82.8 Å². The second kappa shape index (κ2) is 9.96. The molecular weight excluding hydrogens is 454 g/mol. The first-order valence-corrected chi connectivity index (χ1v) is 12.2. The molecule has 0 aromatic heterocycles. The molecule has 3 aromatic carbocycles. The van der Waals surface area contributed by atoms with Crippen LogP contribution in [0, 0.1) is 6.92 Å². The van der Waals surface area contributed by atoms with Gasteiger partial charge in [-0.25, -0.2) is 13.8 Å². The SMILES string of the molecule is C/C(=N/NC(=O)CN(c1ccc(C)cc1)S(=O)(=O)c1ccccc1)c1ccc2c(c1)OCCO2. The predicted octanol–water partition coefficient (Wildman–Crippen LogP) is 3.50. The quantitative estimate of drug-likeness (QED) is 0.413. The van der Waals surface area contributed by atoms with Crippen molar-refractivity contribution in [1.82, 2.24) is 5.43 Å². The first-order chi connectivity index (χ1) is 16.3. The summed E-state index contributed by atoms with van der Waals surface area (Å²) in [4.78, 5) is 12.9. The lowest BCUT2D eigenvalue weighted by molar-refractivity contribution is -0.119. The van der Waals surface area contributed by atoms with Crippen molar-refractivity contribution in [2.45, 2.75) is 18.7 Å². The minimum absolute atomic E-state index is 0.0966. The number of aryl methyl sites for hydroxylation is 1. The number of nitrogens with zero attached hydrogens (tertiary/aromatic N) is 2. The van der Waals surface area contributed by atoms with E-state index in [4.69, 9.17) is 9.47 Å². The van der Waals surface area contributed by atoms with E-state index in [-0.39, 0.29) is 4.90 Å². The van der Waals surface area contributed by atoms with Crippen LogP contribution in [0.3, 0.4) is 0 Å². The molecule has 0 atom stereocenters. The molecule has 9 heteroatoms. The van der Waals surface area contributed by atoms with E-state index in [1.165, 1.54) is 12.1 Å². The minimum atomic E-state index is -3.97. The Morgan fingerprint density at radius 2 is 1.65 bits per heavy atom. The molecule has 0 bridgehead atoms. The van der Waals surface area contributed by atoms with Crippen LogP contribution in [0.5, 0.6) is 11.5 Å². The fourth-order valence-corrected chi connectivity index (χ4v) is 4.83. The summed E-state index contributed by atoms with van der Waals surface area (Å²) in [5.74, 6) is 0.702. The summed E-state index contributed by atoms with van der Waals surface area (Å²) in [6.45, 7) is 4.18. The summed E-state index contributed by atoms with van der Waals surface area (Å²) < 4.78 is 38.9. The number of hydrogen-bond acceptors (Lipinski definition) is 6. The second-order valence-electron chi connectivity index (χ2n) is 7.75. The van der Waals surface area contributed by atoms with Gasteiger partial charge in [0.05, 0.1) is 16.3 Å². The molecule has 1 N–H and O–H groups in total. The number of carbonyl (C=O) groups is 1. The molecule has 1 amide bonds. The van der Waals surface area contributed by atoms with E-state index >= 15 is 0 Å². The molecule has 0 fully saturated rings. The Labute approximate surface area is 198 Å². The Morgan fingerprint density at radius 3 is 2.35 bits per heavy atom. The van der Waals surface area contributed by atoms with E-state index in [0.717, 1.165) is 15.4 Å². The highest BCUT2D eigenvalue weighted by Crippen LogP contribution is 2.31. The Kier molecular flexibility index (Phi) is 6.83. The summed E-state index contributed by atoms with van der Waals surface area (Å²) >= 11 is 0. The number of nitrogens with one attached hydrogen (secondary N) is 1.